The van der Waals surface area contributed by atoms with Crippen molar-refractivity contribution in [3.8, 4) is 0 Å². The van der Waals surface area contributed by atoms with Crippen molar-refractivity contribution in [2.24, 2.45) is 0 Å². The van der Waals surface area contributed by atoms with Crippen molar-refractivity contribution in [2.45, 2.75) is 13.0 Å². The molecule has 106 valence electrons. The number of rotatable bonds is 2. The van der Waals surface area contributed by atoms with E-state index < -0.39 is 6.10 Å². The third kappa shape index (κ3) is 2.75. The number of hydrogen-bond acceptors (Lipinski definition) is 2. The van der Waals surface area contributed by atoms with Crippen LogP contribution in [-0.2, 0) is 0 Å². The zero-order valence-electron chi connectivity index (χ0n) is 11.3. The number of aryl methyl sites for hydroxylation is 1. The standard InChI is InChI=1S/C17H13Cl2NO/c1-10-8-13(12-4-2-3-5-16(12)20-10)17(21)11-6-7-14(18)15(19)9-11/h2-9,17,21H,1H3. The lowest BCUT2D eigenvalue weighted by Gasteiger charge is -2.15. The molecule has 1 heterocycles. The topological polar surface area (TPSA) is 33.1 Å². The average Bonchev–Trinajstić information content (AvgIpc) is 2.48. The highest BCUT2D eigenvalue weighted by molar-refractivity contribution is 6.42. The minimum atomic E-state index is -0.772. The average molecular weight is 318 g/mol. The number of nitrogens with zero attached hydrogens (tertiary/aromatic N) is 1. The Morgan fingerprint density at radius 3 is 2.52 bits per heavy atom. The van der Waals surface area contributed by atoms with Gasteiger partial charge in [-0.3, -0.25) is 4.98 Å². The van der Waals surface area contributed by atoms with Gasteiger partial charge in [0.15, 0.2) is 0 Å². The molecule has 2 nitrogen and oxygen atoms in total. The molecule has 2 aromatic carbocycles. The van der Waals surface area contributed by atoms with Crippen LogP contribution in [0, 0.1) is 6.92 Å². The van der Waals surface area contributed by atoms with Crippen molar-refractivity contribution >= 4 is 34.1 Å². The summed E-state index contributed by atoms with van der Waals surface area (Å²) >= 11 is 12.0. The molecule has 0 saturated heterocycles. The van der Waals surface area contributed by atoms with E-state index in [2.05, 4.69) is 4.98 Å². The van der Waals surface area contributed by atoms with Gasteiger partial charge in [0.2, 0.25) is 0 Å². The van der Waals surface area contributed by atoms with Crippen molar-refractivity contribution < 1.29 is 5.11 Å². The Hall–Kier alpha value is -1.61. The van der Waals surface area contributed by atoms with E-state index in [4.69, 9.17) is 23.2 Å². The van der Waals surface area contributed by atoms with E-state index in [1.807, 2.05) is 37.3 Å². The Balaban J connectivity index is 2.16. The first-order chi connectivity index (χ1) is 10.1. The van der Waals surface area contributed by atoms with E-state index in [0.29, 0.717) is 15.6 Å². The third-order valence-electron chi connectivity index (χ3n) is 3.43. The Morgan fingerprint density at radius 2 is 1.76 bits per heavy atom. The van der Waals surface area contributed by atoms with Gasteiger partial charge < -0.3 is 5.11 Å². The van der Waals surface area contributed by atoms with Crippen molar-refractivity contribution in [3.63, 3.8) is 0 Å². The summed E-state index contributed by atoms with van der Waals surface area (Å²) < 4.78 is 0. The molecular weight excluding hydrogens is 305 g/mol. The minimum absolute atomic E-state index is 0.434. The number of fused-ring (bicyclic) bond motifs is 1. The molecule has 0 aliphatic rings. The Morgan fingerprint density at radius 1 is 1.00 bits per heavy atom. The molecule has 0 spiro atoms. The summed E-state index contributed by atoms with van der Waals surface area (Å²) in [6.45, 7) is 1.91. The fraction of sp³-hybridized carbons (Fsp3) is 0.118. The van der Waals surface area contributed by atoms with Crippen molar-refractivity contribution in [1.82, 2.24) is 4.98 Å². The van der Waals surface area contributed by atoms with Crippen LogP contribution in [0.25, 0.3) is 10.9 Å². The summed E-state index contributed by atoms with van der Waals surface area (Å²) in [5.41, 5.74) is 3.26. The van der Waals surface area contributed by atoms with E-state index in [9.17, 15) is 5.11 Å². The Bertz CT molecular complexity index is 817. The normalized spacial score (nSPS) is 12.6. The number of hydrogen-bond donors (Lipinski definition) is 1. The highest BCUT2D eigenvalue weighted by Gasteiger charge is 2.16. The summed E-state index contributed by atoms with van der Waals surface area (Å²) in [5, 5.41) is 12.5. The van der Waals surface area contributed by atoms with Gasteiger partial charge in [0, 0.05) is 11.1 Å². The first-order valence-electron chi connectivity index (χ1n) is 6.55. The van der Waals surface area contributed by atoms with Gasteiger partial charge in [-0.2, -0.15) is 0 Å². The summed E-state index contributed by atoms with van der Waals surface area (Å²) in [5.74, 6) is 0. The van der Waals surface area contributed by atoms with Crippen LogP contribution in [0.1, 0.15) is 22.9 Å². The summed E-state index contributed by atoms with van der Waals surface area (Å²) in [6, 6.07) is 14.8. The summed E-state index contributed by atoms with van der Waals surface area (Å²) in [4.78, 5) is 4.49. The second-order valence-corrected chi connectivity index (χ2v) is 5.76. The number of aliphatic hydroxyl groups excluding tert-OH is 1. The predicted molar refractivity (Wildman–Crippen MR) is 87.0 cm³/mol. The molecule has 1 unspecified atom stereocenters. The number of benzene rings is 2. The van der Waals surface area contributed by atoms with Gasteiger partial charge in [-0.15, -0.1) is 0 Å². The number of para-hydroxylation sites is 1. The van der Waals surface area contributed by atoms with Crippen LogP contribution in [-0.4, -0.2) is 10.1 Å². The molecule has 4 heteroatoms. The second kappa shape index (κ2) is 5.64. The fourth-order valence-corrected chi connectivity index (χ4v) is 2.74. The predicted octanol–water partition coefficient (Wildman–Crippen LogP) is 4.93. The highest BCUT2D eigenvalue weighted by Crippen LogP contribution is 2.32. The van der Waals surface area contributed by atoms with Crippen LogP contribution in [0.5, 0.6) is 0 Å². The van der Waals surface area contributed by atoms with Crippen molar-refractivity contribution in [2.75, 3.05) is 0 Å². The van der Waals surface area contributed by atoms with Crippen LogP contribution in [0.4, 0.5) is 0 Å². The number of aliphatic hydroxyl groups is 1. The molecule has 0 radical (unpaired) electrons. The lowest BCUT2D eigenvalue weighted by atomic mass is 9.97. The molecule has 0 amide bonds. The molecule has 0 fully saturated rings. The molecule has 1 atom stereocenters. The molecule has 1 aromatic heterocycles. The van der Waals surface area contributed by atoms with Crippen molar-refractivity contribution in [1.29, 1.82) is 0 Å². The van der Waals surface area contributed by atoms with Crippen LogP contribution in [0.15, 0.2) is 48.5 Å². The third-order valence-corrected chi connectivity index (χ3v) is 4.17. The maximum Gasteiger partial charge on any atom is 0.105 e. The minimum Gasteiger partial charge on any atom is -0.384 e. The molecule has 3 aromatic rings. The van der Waals surface area contributed by atoms with Gasteiger partial charge in [0.25, 0.3) is 0 Å². The molecule has 0 saturated carbocycles. The lowest BCUT2D eigenvalue weighted by Crippen LogP contribution is -2.02. The largest absolute Gasteiger partial charge is 0.384 e. The van der Waals surface area contributed by atoms with Gasteiger partial charge in [0.05, 0.1) is 15.6 Å². The molecule has 0 aliphatic carbocycles. The van der Waals surface area contributed by atoms with Crippen LogP contribution < -0.4 is 0 Å². The van der Waals surface area contributed by atoms with E-state index in [1.165, 1.54) is 0 Å². The van der Waals surface area contributed by atoms with E-state index in [0.717, 1.165) is 22.2 Å². The highest BCUT2D eigenvalue weighted by atomic mass is 35.5. The molecule has 0 aliphatic heterocycles. The number of halogens is 2. The van der Waals surface area contributed by atoms with Gasteiger partial charge in [-0.05, 0) is 42.3 Å². The first-order valence-corrected chi connectivity index (χ1v) is 7.31. The monoisotopic (exact) mass is 317 g/mol. The van der Waals surface area contributed by atoms with Crippen LogP contribution >= 0.6 is 23.2 Å². The molecule has 0 bridgehead atoms. The summed E-state index contributed by atoms with van der Waals surface area (Å²) in [7, 11) is 0. The van der Waals surface area contributed by atoms with Gasteiger partial charge >= 0.3 is 0 Å². The van der Waals surface area contributed by atoms with E-state index >= 15 is 0 Å². The maximum absolute atomic E-state index is 10.7. The fourth-order valence-electron chi connectivity index (χ4n) is 2.43. The SMILES string of the molecule is Cc1cc(C(O)c2ccc(Cl)c(Cl)c2)c2ccccc2n1. The first kappa shape index (κ1) is 14.3. The summed E-state index contributed by atoms with van der Waals surface area (Å²) in [6.07, 6.45) is -0.772. The molecule has 3 rings (SSSR count). The molecule has 21 heavy (non-hydrogen) atoms. The molecule has 1 N–H and O–H groups in total. The Kier molecular flexibility index (Phi) is 3.85. The molecular formula is C17H13Cl2NO. The second-order valence-electron chi connectivity index (χ2n) is 4.95. The maximum atomic E-state index is 10.7. The zero-order valence-corrected chi connectivity index (χ0v) is 12.9. The quantitative estimate of drug-likeness (QED) is 0.726. The zero-order chi connectivity index (χ0) is 15.0. The number of pyridine rings is 1. The van der Waals surface area contributed by atoms with Crippen LogP contribution in [0.2, 0.25) is 10.0 Å². The smallest absolute Gasteiger partial charge is 0.105 e. The lowest BCUT2D eigenvalue weighted by molar-refractivity contribution is 0.222. The van der Waals surface area contributed by atoms with Crippen molar-refractivity contribution in [3.05, 3.63) is 75.4 Å². The van der Waals surface area contributed by atoms with Gasteiger partial charge in [-0.1, -0.05) is 47.5 Å². The van der Waals surface area contributed by atoms with Crippen LogP contribution in [0.3, 0.4) is 0 Å². The van der Waals surface area contributed by atoms with E-state index in [-0.39, 0.29) is 0 Å². The van der Waals surface area contributed by atoms with Gasteiger partial charge in [0.1, 0.15) is 6.10 Å². The van der Waals surface area contributed by atoms with E-state index in [1.54, 1.807) is 18.2 Å². The number of aromatic nitrogens is 1. The Labute approximate surface area is 133 Å². The van der Waals surface area contributed by atoms with Gasteiger partial charge in [-0.25, -0.2) is 0 Å².